The zero-order chi connectivity index (χ0) is 41.3. The summed E-state index contributed by atoms with van der Waals surface area (Å²) in [6, 6.07) is 22.6. The number of hydrogen-bond acceptors (Lipinski definition) is 11. The molecule has 0 bridgehead atoms. The van der Waals surface area contributed by atoms with Gasteiger partial charge in [-0.3, -0.25) is 24.3 Å². The van der Waals surface area contributed by atoms with E-state index in [0.29, 0.717) is 78.8 Å². The number of nitrogens with zero attached hydrogens (tertiary/aromatic N) is 5. The Labute approximate surface area is 353 Å². The van der Waals surface area contributed by atoms with Crippen molar-refractivity contribution in [1.82, 2.24) is 24.5 Å². The Kier molecular flexibility index (Phi) is 9.88. The number of halogens is 1. The average molecular weight is 842 g/mol. The van der Waals surface area contributed by atoms with Gasteiger partial charge in [0.05, 0.1) is 33.5 Å². The lowest BCUT2D eigenvalue weighted by atomic mass is 9.94. The molecule has 3 aromatic heterocycles. The van der Waals surface area contributed by atoms with Gasteiger partial charge in [0.25, 0.3) is 0 Å². The zero-order valence-corrected chi connectivity index (χ0v) is 34.7. The van der Waals surface area contributed by atoms with Crippen LogP contribution >= 0.6 is 11.6 Å². The molecule has 3 atom stereocenters. The Hall–Kier alpha value is -5.36. The molecule has 0 radical (unpaired) electrons. The van der Waals surface area contributed by atoms with Crippen LogP contribution in [0, 0.1) is 24.2 Å². The van der Waals surface area contributed by atoms with Crippen LogP contribution in [0.5, 0.6) is 0 Å². The van der Waals surface area contributed by atoms with E-state index in [0.717, 1.165) is 81.2 Å². The van der Waals surface area contributed by atoms with E-state index in [9.17, 15) is 23.6 Å². The van der Waals surface area contributed by atoms with E-state index in [1.807, 2.05) is 61.7 Å². The second kappa shape index (κ2) is 15.3. The van der Waals surface area contributed by atoms with Crippen molar-refractivity contribution in [3.05, 3.63) is 106 Å². The molecule has 60 heavy (non-hydrogen) atoms. The number of benzene rings is 3. The molecule has 14 heteroatoms. The fourth-order valence-electron chi connectivity index (χ4n) is 9.50. The topological polar surface area (TPSA) is 165 Å². The van der Waals surface area contributed by atoms with E-state index in [2.05, 4.69) is 43.0 Å². The van der Waals surface area contributed by atoms with Gasteiger partial charge in [-0.15, -0.1) is 0 Å². The number of nitrogens with one attached hydrogen (secondary N) is 2. The number of pyridine rings is 2. The van der Waals surface area contributed by atoms with Crippen LogP contribution in [0.1, 0.15) is 66.0 Å². The first-order chi connectivity index (χ1) is 29.0. The molecular weight excluding hydrogens is 798 g/mol. The lowest BCUT2D eigenvalue weighted by molar-refractivity contribution is -0.122. The summed E-state index contributed by atoms with van der Waals surface area (Å²) in [5.41, 5.74) is 9.25. The number of sulfonamides is 1. The maximum absolute atomic E-state index is 13.0. The summed E-state index contributed by atoms with van der Waals surface area (Å²) < 4.78 is 33.8. The fourth-order valence-corrected chi connectivity index (χ4v) is 11.1. The van der Waals surface area contributed by atoms with Gasteiger partial charge in [-0.05, 0) is 110 Å². The second-order valence-corrected chi connectivity index (χ2v) is 19.1. The molecular formula is C46H44ClN7O5S. The third kappa shape index (κ3) is 7.10. The number of fused-ring (bicyclic) bond motifs is 3. The number of likely N-dealkylation sites (tertiary alicyclic amines) is 2. The number of aliphatic hydroxyl groups excluding tert-OH is 1. The molecule has 2 aliphatic heterocycles. The minimum atomic E-state index is -3.60. The number of rotatable bonds is 10. The van der Waals surface area contributed by atoms with E-state index in [4.69, 9.17) is 21.0 Å². The van der Waals surface area contributed by atoms with Gasteiger partial charge in [-0.1, -0.05) is 41.9 Å². The molecule has 0 spiro atoms. The molecule has 6 aromatic rings. The van der Waals surface area contributed by atoms with Crippen LogP contribution in [-0.4, -0.2) is 76.7 Å². The number of amides is 1. The number of furan rings is 1. The summed E-state index contributed by atoms with van der Waals surface area (Å²) in [4.78, 5) is 26.9. The quantitative estimate of drug-likeness (QED) is 0.123. The van der Waals surface area contributed by atoms with Gasteiger partial charge in [0.1, 0.15) is 17.3 Å². The highest BCUT2D eigenvalue weighted by atomic mass is 35.5. The molecule has 5 heterocycles. The molecule has 0 unspecified atom stereocenters. The van der Waals surface area contributed by atoms with Crippen molar-refractivity contribution in [3.8, 4) is 28.5 Å². The van der Waals surface area contributed by atoms with Gasteiger partial charge < -0.3 is 14.8 Å². The predicted molar refractivity (Wildman–Crippen MR) is 231 cm³/mol. The highest BCUT2D eigenvalue weighted by Gasteiger charge is 2.41. The van der Waals surface area contributed by atoms with Crippen LogP contribution in [0.25, 0.3) is 44.3 Å². The first-order valence-electron chi connectivity index (χ1n) is 20.6. The monoisotopic (exact) mass is 841 g/mol. The van der Waals surface area contributed by atoms with Crippen molar-refractivity contribution < 1.29 is 22.7 Å². The van der Waals surface area contributed by atoms with Crippen LogP contribution in [0.2, 0.25) is 5.02 Å². The Bertz CT molecular complexity index is 2870. The number of nitriles is 1. The third-order valence-electron chi connectivity index (χ3n) is 12.8. The van der Waals surface area contributed by atoms with Gasteiger partial charge in [-0.2, -0.15) is 5.26 Å². The SMILES string of the molecule is Cc1c(-c2cc3cc4c(c(C#N)c3o2)CC[C@H]4N2CC[C@@H](C(=O)NS(=O)(=O)C3CC3)C2)cccc1-c1cccc(Nc2nccc3cc(CN4CC[C@@H](O)C4)cnc23)c1Cl. The lowest BCUT2D eigenvalue weighted by Crippen LogP contribution is -2.38. The van der Waals surface area contributed by atoms with Crippen molar-refractivity contribution in [1.29, 1.82) is 5.26 Å². The minimum absolute atomic E-state index is 0.0220. The first-order valence-corrected chi connectivity index (χ1v) is 22.6. The van der Waals surface area contributed by atoms with Crippen molar-refractivity contribution in [2.75, 3.05) is 31.5 Å². The number of aromatic nitrogens is 2. The normalized spacial score (nSPS) is 20.8. The molecule has 306 valence electrons. The second-order valence-electron chi connectivity index (χ2n) is 16.7. The fraction of sp³-hybridized carbons (Fsp3) is 0.348. The smallest absolute Gasteiger partial charge is 0.237 e. The highest BCUT2D eigenvalue weighted by molar-refractivity contribution is 7.90. The third-order valence-corrected chi connectivity index (χ3v) is 15.0. The van der Waals surface area contributed by atoms with E-state index in [1.165, 1.54) is 0 Å². The largest absolute Gasteiger partial charge is 0.455 e. The molecule has 3 aromatic carbocycles. The number of β-amino-alcohol motifs (C(OH)–C–C–N with tert-alkyl or cyclic N) is 1. The van der Waals surface area contributed by atoms with Gasteiger partial charge >= 0.3 is 0 Å². The van der Waals surface area contributed by atoms with Crippen LogP contribution in [-0.2, 0) is 27.8 Å². The maximum atomic E-state index is 13.0. The lowest BCUT2D eigenvalue weighted by Gasteiger charge is -2.25. The number of carbonyl (C=O) groups is 1. The summed E-state index contributed by atoms with van der Waals surface area (Å²) in [6.07, 6.45) is 7.47. The Morgan fingerprint density at radius 1 is 0.983 bits per heavy atom. The van der Waals surface area contributed by atoms with Crippen LogP contribution in [0.4, 0.5) is 11.5 Å². The maximum Gasteiger partial charge on any atom is 0.237 e. The Balaban J connectivity index is 0.908. The average Bonchev–Trinajstić information content (AvgIpc) is 3.50. The van der Waals surface area contributed by atoms with E-state index in [1.54, 1.807) is 6.20 Å². The molecule has 4 aliphatic rings. The Morgan fingerprint density at radius 3 is 2.60 bits per heavy atom. The van der Waals surface area contributed by atoms with E-state index < -0.39 is 27.1 Å². The zero-order valence-electron chi connectivity index (χ0n) is 33.1. The Morgan fingerprint density at radius 2 is 1.80 bits per heavy atom. The highest BCUT2D eigenvalue weighted by Crippen LogP contribution is 2.45. The molecule has 2 aliphatic carbocycles. The van der Waals surface area contributed by atoms with Gasteiger partial charge in [0.15, 0.2) is 11.4 Å². The summed E-state index contributed by atoms with van der Waals surface area (Å²) >= 11 is 7.20. The van der Waals surface area contributed by atoms with Crippen molar-refractivity contribution in [2.45, 2.75) is 69.4 Å². The molecule has 3 N–H and O–H groups in total. The van der Waals surface area contributed by atoms with Gasteiger partial charge in [-0.25, -0.2) is 13.4 Å². The van der Waals surface area contributed by atoms with Crippen molar-refractivity contribution in [2.24, 2.45) is 5.92 Å². The molecule has 3 fully saturated rings. The number of aliphatic hydroxyl groups is 1. The van der Waals surface area contributed by atoms with Gasteiger partial charge in [0, 0.05) is 66.5 Å². The summed E-state index contributed by atoms with van der Waals surface area (Å²) in [5, 5.41) is 25.8. The molecule has 1 amide bonds. The minimum Gasteiger partial charge on any atom is -0.455 e. The van der Waals surface area contributed by atoms with Crippen LogP contribution in [0.3, 0.4) is 0 Å². The van der Waals surface area contributed by atoms with E-state index in [-0.39, 0.29) is 12.1 Å². The number of hydrogen-bond donors (Lipinski definition) is 3. The van der Waals surface area contributed by atoms with Gasteiger partial charge in [0.2, 0.25) is 15.9 Å². The molecule has 2 saturated heterocycles. The molecule has 10 rings (SSSR count). The van der Waals surface area contributed by atoms with Crippen LogP contribution in [0.15, 0.2) is 77.5 Å². The van der Waals surface area contributed by atoms with Crippen molar-refractivity contribution in [3.63, 3.8) is 0 Å². The first kappa shape index (κ1) is 38.8. The number of carbonyl (C=O) groups excluding carboxylic acids is 1. The van der Waals surface area contributed by atoms with Crippen LogP contribution < -0.4 is 10.0 Å². The molecule has 1 saturated carbocycles. The molecule has 12 nitrogen and oxygen atoms in total. The summed E-state index contributed by atoms with van der Waals surface area (Å²) in [5.74, 6) is 0.429. The van der Waals surface area contributed by atoms with Crippen molar-refractivity contribution >= 4 is 60.9 Å². The number of anilines is 2. The van der Waals surface area contributed by atoms with E-state index >= 15 is 0 Å². The predicted octanol–water partition coefficient (Wildman–Crippen LogP) is 7.77. The summed E-state index contributed by atoms with van der Waals surface area (Å²) in [7, 11) is -3.60. The standard InChI is InChI=1S/C46H44ClN7O5S/c1-26-33(36-6-3-7-39(42(36)47)51-45-43-28(12-15-49-45)18-27(22-50-43)23-53-16-14-31(55)25-53)4-2-5-34(26)41-20-30-19-37-35(38(21-48)44(30)59-41)10-11-40(37)54-17-13-29(24-54)46(56)52-60(57,58)32-8-9-32/h2-7,12,15,18-20,22,29,31-32,40,55H,8-11,13-14,16-17,23-25H2,1H3,(H,49,51)(H,52,56)/t29-,31-,40-/m1/s1. The summed E-state index contributed by atoms with van der Waals surface area (Å²) in [6.45, 7) is 5.46.